The average Bonchev–Trinajstić information content (AvgIpc) is 3.10. The summed E-state index contributed by atoms with van der Waals surface area (Å²) in [6.45, 7) is 11.1. The van der Waals surface area contributed by atoms with Crippen LogP contribution in [-0.4, -0.2) is 29.2 Å². The van der Waals surface area contributed by atoms with E-state index in [0.717, 1.165) is 62.7 Å². The minimum atomic E-state index is -2.47. The van der Waals surface area contributed by atoms with Crippen molar-refractivity contribution in [3.05, 3.63) is 11.6 Å². The topological polar surface area (TPSA) is 98.7 Å². The molecule has 0 aliphatic heterocycles. The van der Waals surface area contributed by atoms with Crippen molar-refractivity contribution in [2.45, 2.75) is 117 Å². The van der Waals surface area contributed by atoms with Crippen LogP contribution in [0.25, 0.3) is 0 Å². The van der Waals surface area contributed by atoms with Crippen LogP contribution in [0.2, 0.25) is 0 Å². The summed E-state index contributed by atoms with van der Waals surface area (Å²) in [6, 6.07) is 0. The highest BCUT2D eigenvalue weighted by Gasteiger charge is 2.59. The first-order valence-electron chi connectivity index (χ1n) is 13.6. The van der Waals surface area contributed by atoms with Crippen molar-refractivity contribution in [1.82, 2.24) is 0 Å². The molecule has 0 saturated heterocycles. The Balaban J connectivity index is 1.40. The molecular weight excluding hydrogens is 484 g/mol. The van der Waals surface area contributed by atoms with Gasteiger partial charge >= 0.3 is 0 Å². The molecule has 6 nitrogen and oxygen atoms in total. The molecule has 0 amide bonds. The third-order valence-corrected chi connectivity index (χ3v) is 11.8. The highest BCUT2D eigenvalue weighted by molar-refractivity contribution is 7.74. The van der Waals surface area contributed by atoms with Crippen molar-refractivity contribution < 1.29 is 25.9 Å². The molecule has 202 valence electrons. The molecule has 0 bridgehead atoms. The number of hydrogen-bond donors (Lipinski definition) is 0. The van der Waals surface area contributed by atoms with Crippen LogP contribution in [0.3, 0.4) is 0 Å². The van der Waals surface area contributed by atoms with Crippen LogP contribution in [0.1, 0.15) is 105 Å². The molecule has 0 aromatic carbocycles. The zero-order chi connectivity index (χ0) is 25.6. The van der Waals surface area contributed by atoms with Crippen LogP contribution < -0.4 is 0 Å². The summed E-state index contributed by atoms with van der Waals surface area (Å²) in [7, 11) is 0. The van der Waals surface area contributed by atoms with Crippen molar-refractivity contribution in [3.63, 3.8) is 0 Å². The maximum Gasteiger partial charge on any atom is 0.0847 e. The predicted octanol–water partition coefficient (Wildman–Crippen LogP) is 6.14. The van der Waals surface area contributed by atoms with Gasteiger partial charge in [-0.1, -0.05) is 45.3 Å². The Hall–Kier alpha value is -0.120. The Morgan fingerprint density at radius 3 is 2.51 bits per heavy atom. The van der Waals surface area contributed by atoms with Crippen LogP contribution in [0, 0.1) is 40.4 Å². The minimum absolute atomic E-state index is 0.186. The van der Waals surface area contributed by atoms with Gasteiger partial charge in [-0.15, -0.1) is 0 Å². The predicted molar refractivity (Wildman–Crippen MR) is 136 cm³/mol. The van der Waals surface area contributed by atoms with E-state index >= 15 is 0 Å². The quantitative estimate of drug-likeness (QED) is 0.263. The third kappa shape index (κ3) is 5.68. The van der Waals surface area contributed by atoms with Crippen LogP contribution in [0.15, 0.2) is 11.6 Å². The Bertz CT molecular complexity index is 859. The molecule has 0 heterocycles. The fraction of sp³-hybridized carbons (Fsp3) is 0.926. The summed E-state index contributed by atoms with van der Waals surface area (Å²) in [5, 5.41) is 0. The Kier molecular flexibility index (Phi) is 8.42. The van der Waals surface area contributed by atoms with Crippen LogP contribution in [-0.2, 0) is 31.1 Å². The van der Waals surface area contributed by atoms with Gasteiger partial charge in [-0.25, -0.2) is 8.42 Å². The van der Waals surface area contributed by atoms with Gasteiger partial charge in [0.15, 0.2) is 0 Å². The van der Waals surface area contributed by atoms with Crippen molar-refractivity contribution >= 4 is 22.7 Å². The summed E-state index contributed by atoms with van der Waals surface area (Å²) in [5.74, 6) is 3.53. The monoisotopic (exact) mass is 528 g/mol. The summed E-state index contributed by atoms with van der Waals surface area (Å²) in [5.41, 5.74) is 1.37. The van der Waals surface area contributed by atoms with E-state index in [9.17, 15) is 17.5 Å². The van der Waals surface area contributed by atoms with Crippen molar-refractivity contribution in [2.24, 2.45) is 40.4 Å². The molecule has 35 heavy (non-hydrogen) atoms. The second-order valence-electron chi connectivity index (χ2n) is 13.1. The van der Waals surface area contributed by atoms with Gasteiger partial charge in [0.1, 0.15) is 0 Å². The molecule has 10 atom stereocenters. The fourth-order valence-corrected chi connectivity index (χ4v) is 9.91. The minimum Gasteiger partial charge on any atom is -0.750 e. The van der Waals surface area contributed by atoms with Crippen molar-refractivity contribution in [3.8, 4) is 0 Å². The van der Waals surface area contributed by atoms with Gasteiger partial charge in [-0.2, -0.15) is 0 Å². The van der Waals surface area contributed by atoms with E-state index in [-0.39, 0.29) is 11.5 Å². The summed E-state index contributed by atoms with van der Waals surface area (Å²) in [6.07, 6.45) is 14.0. The number of hydrogen-bond acceptors (Lipinski definition) is 6. The van der Waals surface area contributed by atoms with Gasteiger partial charge < -0.3 is 9.11 Å². The molecular formula is C27H44O6S2-2. The maximum atomic E-state index is 11.1. The standard InChI is InChI=1S/C27H46O6S2/c1-18(7-6-14-25(2,3)33-35(30)31)22-10-11-23-21-9-8-19-17-20(32-34(28)29)12-15-26(19,4)24(21)13-16-27(22,23)5/h8,18,20-24H,6-7,9-17H2,1-5H3,(H,28,29)(H,30,31)/p-2/t18-,20-,21-,22+,23-,24-,26-,27+/m0/s1. The molecule has 0 aromatic rings. The van der Waals surface area contributed by atoms with Crippen LogP contribution in [0.4, 0.5) is 0 Å². The lowest BCUT2D eigenvalue weighted by atomic mass is 9.47. The third-order valence-electron chi connectivity index (χ3n) is 10.8. The van der Waals surface area contributed by atoms with Gasteiger partial charge in [0.25, 0.3) is 0 Å². The zero-order valence-corrected chi connectivity index (χ0v) is 23.7. The largest absolute Gasteiger partial charge is 0.750 e. The van der Waals surface area contributed by atoms with Crippen molar-refractivity contribution in [1.29, 1.82) is 0 Å². The molecule has 3 fully saturated rings. The summed E-state index contributed by atoms with van der Waals surface area (Å²) in [4.78, 5) is 0. The van der Waals surface area contributed by atoms with E-state index in [4.69, 9.17) is 8.37 Å². The lowest BCUT2D eigenvalue weighted by Gasteiger charge is -2.58. The van der Waals surface area contributed by atoms with Gasteiger partial charge in [0, 0.05) is 0 Å². The first-order valence-corrected chi connectivity index (χ1v) is 15.6. The molecule has 0 radical (unpaired) electrons. The second kappa shape index (κ2) is 10.6. The number of rotatable bonds is 9. The van der Waals surface area contributed by atoms with Gasteiger partial charge in [0.2, 0.25) is 0 Å². The highest BCUT2D eigenvalue weighted by atomic mass is 32.2. The number of allylic oxidation sites excluding steroid dienone is 1. The normalized spacial score (nSPS) is 41.8. The van der Waals surface area contributed by atoms with E-state index < -0.39 is 28.3 Å². The Morgan fingerprint density at radius 1 is 1.09 bits per heavy atom. The molecule has 0 spiro atoms. The molecule has 4 aliphatic carbocycles. The Morgan fingerprint density at radius 2 is 1.83 bits per heavy atom. The van der Waals surface area contributed by atoms with Crippen LogP contribution >= 0.6 is 0 Å². The lowest BCUT2D eigenvalue weighted by Crippen LogP contribution is -2.51. The van der Waals surface area contributed by atoms with Crippen molar-refractivity contribution in [2.75, 3.05) is 0 Å². The fourth-order valence-electron chi connectivity index (χ4n) is 9.07. The summed E-state index contributed by atoms with van der Waals surface area (Å²) < 4.78 is 54.2. The SMILES string of the molecule is C[C@@H](CCCC(C)(C)OS(=O)[O-])[C@H]1CC[C@H]2[C@@H]3CC=C4C[C@@H](OS(=O)[O-])CC[C@]4(C)[C@H]3CC[C@]12C. The van der Waals surface area contributed by atoms with E-state index in [0.29, 0.717) is 17.3 Å². The first-order chi connectivity index (χ1) is 16.4. The molecule has 4 aliphatic rings. The molecule has 0 aromatic heterocycles. The molecule has 4 rings (SSSR count). The number of fused-ring (bicyclic) bond motifs is 5. The second-order valence-corrected chi connectivity index (χ2v) is 14.2. The van der Waals surface area contributed by atoms with Crippen LogP contribution in [0.5, 0.6) is 0 Å². The Labute approximate surface area is 217 Å². The summed E-state index contributed by atoms with van der Waals surface area (Å²) >= 11 is -4.90. The molecule has 3 saturated carbocycles. The maximum absolute atomic E-state index is 11.1. The lowest BCUT2D eigenvalue weighted by molar-refractivity contribution is -0.0559. The van der Waals surface area contributed by atoms with E-state index in [2.05, 4.69) is 26.8 Å². The zero-order valence-electron chi connectivity index (χ0n) is 22.1. The highest BCUT2D eigenvalue weighted by Crippen LogP contribution is 2.67. The van der Waals surface area contributed by atoms with Gasteiger partial charge in [-0.05, 0) is 112 Å². The van der Waals surface area contributed by atoms with E-state index in [1.807, 2.05) is 13.8 Å². The molecule has 8 heteroatoms. The first kappa shape index (κ1) is 27.9. The van der Waals surface area contributed by atoms with E-state index in [1.165, 1.54) is 31.3 Å². The molecule has 2 unspecified atom stereocenters. The molecule has 0 N–H and O–H groups in total. The van der Waals surface area contributed by atoms with E-state index in [1.54, 1.807) is 0 Å². The van der Waals surface area contributed by atoms with Gasteiger partial charge in [0.05, 0.1) is 34.4 Å². The smallest absolute Gasteiger partial charge is 0.0847 e. The average molecular weight is 529 g/mol. The van der Waals surface area contributed by atoms with Gasteiger partial charge in [-0.3, -0.25) is 8.37 Å².